The lowest BCUT2D eigenvalue weighted by atomic mass is 9.68. The lowest BCUT2D eigenvalue weighted by molar-refractivity contribution is 0.0492. The Kier molecular flexibility index (Phi) is 2.81. The summed E-state index contributed by atoms with van der Waals surface area (Å²) in [7, 11) is 0. The lowest BCUT2D eigenvalue weighted by Crippen LogP contribution is -2.40. The molecule has 2 bridgehead atoms. The van der Waals surface area contributed by atoms with Crippen LogP contribution in [0, 0.1) is 22.7 Å². The van der Waals surface area contributed by atoms with E-state index in [4.69, 9.17) is 10.00 Å². The zero-order valence-electron chi connectivity index (χ0n) is 10.7. The molecule has 3 aliphatic carbocycles. The number of rotatable bonds is 2. The van der Waals surface area contributed by atoms with Gasteiger partial charge >= 0.3 is 6.09 Å². The molecule has 4 heteroatoms. The summed E-state index contributed by atoms with van der Waals surface area (Å²) in [6, 6.07) is 2.46. The Labute approximate surface area is 102 Å². The quantitative estimate of drug-likeness (QED) is 0.801. The van der Waals surface area contributed by atoms with Gasteiger partial charge in [-0.2, -0.15) is 5.26 Å². The SMILES string of the molecule is CC(C)(C)OC(=O)NC1CC2(CC#N)CC1C2. The highest BCUT2D eigenvalue weighted by molar-refractivity contribution is 5.68. The normalized spacial score (nSPS) is 34.7. The molecule has 0 aromatic carbocycles. The van der Waals surface area contributed by atoms with Crippen LogP contribution in [0.1, 0.15) is 46.5 Å². The Morgan fingerprint density at radius 2 is 2.12 bits per heavy atom. The molecule has 1 amide bonds. The molecule has 0 spiro atoms. The minimum absolute atomic E-state index is 0.194. The third kappa shape index (κ3) is 2.54. The molecule has 0 aliphatic heterocycles. The van der Waals surface area contributed by atoms with Gasteiger partial charge in [0.2, 0.25) is 0 Å². The molecule has 3 rings (SSSR count). The second-order valence-corrected chi connectivity index (χ2v) is 6.46. The zero-order valence-corrected chi connectivity index (χ0v) is 10.7. The van der Waals surface area contributed by atoms with Crippen LogP contribution in [0.5, 0.6) is 0 Å². The van der Waals surface area contributed by atoms with Gasteiger partial charge in [0.05, 0.1) is 6.07 Å². The summed E-state index contributed by atoms with van der Waals surface area (Å²) in [5.41, 5.74) is -0.255. The Hall–Kier alpha value is -1.24. The van der Waals surface area contributed by atoms with Gasteiger partial charge in [-0.3, -0.25) is 0 Å². The van der Waals surface area contributed by atoms with Gasteiger partial charge in [0.1, 0.15) is 5.60 Å². The first kappa shape index (κ1) is 12.2. The molecule has 0 aromatic rings. The molecule has 17 heavy (non-hydrogen) atoms. The van der Waals surface area contributed by atoms with Crippen LogP contribution in [0.3, 0.4) is 0 Å². The smallest absolute Gasteiger partial charge is 0.407 e. The number of carbonyl (C=O) groups is 1. The molecule has 3 aliphatic rings. The molecule has 94 valence electrons. The van der Waals surface area contributed by atoms with E-state index in [-0.39, 0.29) is 17.6 Å². The van der Waals surface area contributed by atoms with Gasteiger partial charge in [0.25, 0.3) is 0 Å². The first-order valence-corrected chi connectivity index (χ1v) is 6.20. The van der Waals surface area contributed by atoms with Gasteiger partial charge in [-0.25, -0.2) is 4.79 Å². The average molecular weight is 236 g/mol. The van der Waals surface area contributed by atoms with E-state index in [9.17, 15) is 4.79 Å². The van der Waals surface area contributed by atoms with Crippen LogP contribution < -0.4 is 5.32 Å². The first-order valence-electron chi connectivity index (χ1n) is 6.20. The van der Waals surface area contributed by atoms with Crippen LogP contribution in [0.25, 0.3) is 0 Å². The maximum Gasteiger partial charge on any atom is 0.407 e. The van der Waals surface area contributed by atoms with Crippen molar-refractivity contribution in [3.8, 4) is 6.07 Å². The van der Waals surface area contributed by atoms with Crippen molar-refractivity contribution in [3.05, 3.63) is 0 Å². The zero-order chi connectivity index (χ0) is 12.7. The molecule has 1 N–H and O–H groups in total. The molecule has 1 unspecified atom stereocenters. The van der Waals surface area contributed by atoms with Crippen molar-refractivity contribution < 1.29 is 9.53 Å². The summed E-state index contributed by atoms with van der Waals surface area (Å²) in [6.07, 6.45) is 3.39. The third-order valence-electron chi connectivity index (χ3n) is 3.77. The summed E-state index contributed by atoms with van der Waals surface area (Å²) in [4.78, 5) is 11.6. The second-order valence-electron chi connectivity index (χ2n) is 6.46. The minimum atomic E-state index is -0.448. The molecule has 4 nitrogen and oxygen atoms in total. The number of alkyl carbamates (subject to hydrolysis) is 1. The van der Waals surface area contributed by atoms with Gasteiger partial charge in [0.15, 0.2) is 0 Å². The van der Waals surface area contributed by atoms with Crippen LogP contribution >= 0.6 is 0 Å². The van der Waals surface area contributed by atoms with Crippen molar-refractivity contribution in [2.24, 2.45) is 11.3 Å². The van der Waals surface area contributed by atoms with Gasteiger partial charge < -0.3 is 10.1 Å². The van der Waals surface area contributed by atoms with Crippen LogP contribution in [0.15, 0.2) is 0 Å². The molecule has 3 saturated carbocycles. The molecule has 3 fully saturated rings. The van der Waals surface area contributed by atoms with Crippen molar-refractivity contribution in [1.29, 1.82) is 5.26 Å². The van der Waals surface area contributed by atoms with Gasteiger partial charge in [-0.15, -0.1) is 0 Å². The Morgan fingerprint density at radius 1 is 1.47 bits per heavy atom. The maximum absolute atomic E-state index is 11.6. The van der Waals surface area contributed by atoms with E-state index in [0.717, 1.165) is 19.3 Å². The number of carbonyl (C=O) groups excluding carboxylic acids is 1. The molecule has 0 radical (unpaired) electrons. The third-order valence-corrected chi connectivity index (χ3v) is 3.77. The minimum Gasteiger partial charge on any atom is -0.444 e. The average Bonchev–Trinajstić information content (AvgIpc) is 2.54. The van der Waals surface area contributed by atoms with Crippen molar-refractivity contribution >= 4 is 6.09 Å². The maximum atomic E-state index is 11.6. The number of fused-ring (bicyclic) bond motifs is 1. The molecule has 0 aromatic heterocycles. The van der Waals surface area contributed by atoms with E-state index in [1.165, 1.54) is 0 Å². The van der Waals surface area contributed by atoms with Crippen molar-refractivity contribution in [3.63, 3.8) is 0 Å². The van der Waals surface area contributed by atoms with Crippen molar-refractivity contribution in [2.45, 2.75) is 58.1 Å². The number of hydrogen-bond acceptors (Lipinski definition) is 3. The topological polar surface area (TPSA) is 62.1 Å². The Morgan fingerprint density at radius 3 is 2.65 bits per heavy atom. The highest BCUT2D eigenvalue weighted by Gasteiger charge is 2.56. The number of nitriles is 1. The summed E-state index contributed by atoms with van der Waals surface area (Å²) < 4.78 is 5.24. The number of nitrogens with one attached hydrogen (secondary N) is 1. The fourth-order valence-electron chi connectivity index (χ4n) is 3.15. The molecule has 0 heterocycles. The van der Waals surface area contributed by atoms with E-state index in [1.807, 2.05) is 20.8 Å². The summed E-state index contributed by atoms with van der Waals surface area (Å²) in [5.74, 6) is 0.552. The number of hydrogen-bond donors (Lipinski definition) is 1. The fraction of sp³-hybridized carbons (Fsp3) is 0.846. The largest absolute Gasteiger partial charge is 0.444 e. The van der Waals surface area contributed by atoms with Gasteiger partial charge in [-0.05, 0) is 51.4 Å². The van der Waals surface area contributed by atoms with E-state index >= 15 is 0 Å². The predicted molar refractivity (Wildman–Crippen MR) is 63.2 cm³/mol. The van der Waals surface area contributed by atoms with Crippen LogP contribution in [0.2, 0.25) is 0 Å². The second kappa shape index (κ2) is 3.90. The van der Waals surface area contributed by atoms with Gasteiger partial charge in [0, 0.05) is 12.5 Å². The summed E-state index contributed by atoms with van der Waals surface area (Å²) >= 11 is 0. The lowest BCUT2D eigenvalue weighted by Gasteiger charge is -2.36. The summed E-state index contributed by atoms with van der Waals surface area (Å²) in [5, 5.41) is 11.7. The molecular weight excluding hydrogens is 216 g/mol. The van der Waals surface area contributed by atoms with E-state index in [1.54, 1.807) is 0 Å². The molecule has 1 atom stereocenters. The fourth-order valence-corrected chi connectivity index (χ4v) is 3.15. The Bertz CT molecular complexity index is 359. The highest BCUT2D eigenvalue weighted by Crippen LogP contribution is 2.60. The summed E-state index contributed by atoms with van der Waals surface area (Å²) in [6.45, 7) is 5.58. The number of nitrogens with zero attached hydrogens (tertiary/aromatic N) is 1. The number of amides is 1. The van der Waals surface area contributed by atoms with Crippen molar-refractivity contribution in [1.82, 2.24) is 5.32 Å². The van der Waals surface area contributed by atoms with Gasteiger partial charge in [-0.1, -0.05) is 0 Å². The van der Waals surface area contributed by atoms with Crippen LogP contribution in [-0.2, 0) is 4.74 Å². The standard InChI is InChI=1S/C13H20N2O2/c1-12(2,3)17-11(16)15-10-8-13(4-5-14)6-9(10)7-13/h9-10H,4,6-8H2,1-3H3,(H,15,16). The molecular formula is C13H20N2O2. The first-order chi connectivity index (χ1) is 7.84. The monoisotopic (exact) mass is 236 g/mol. The predicted octanol–water partition coefficient (Wildman–Crippen LogP) is 2.59. The van der Waals surface area contributed by atoms with E-state index in [0.29, 0.717) is 12.3 Å². The van der Waals surface area contributed by atoms with Crippen molar-refractivity contribution in [2.75, 3.05) is 0 Å². The molecule has 0 saturated heterocycles. The van der Waals surface area contributed by atoms with Crippen LogP contribution in [0.4, 0.5) is 4.79 Å². The van der Waals surface area contributed by atoms with E-state index < -0.39 is 5.60 Å². The highest BCUT2D eigenvalue weighted by atomic mass is 16.6. The Balaban J connectivity index is 1.83. The number of ether oxygens (including phenoxy) is 1. The van der Waals surface area contributed by atoms with E-state index in [2.05, 4.69) is 11.4 Å². The van der Waals surface area contributed by atoms with Crippen LogP contribution in [-0.4, -0.2) is 17.7 Å².